The maximum atomic E-state index is 11.8. The largest absolute Gasteiger partial charge is 0.397 e. The van der Waals surface area contributed by atoms with Crippen LogP contribution in [0.5, 0.6) is 0 Å². The van der Waals surface area contributed by atoms with E-state index in [0.29, 0.717) is 26.1 Å². The van der Waals surface area contributed by atoms with Crippen LogP contribution in [0.25, 0.3) is 0 Å². The molecule has 1 heterocycles. The molecular formula is C8H12F3NO2. The fourth-order valence-electron chi connectivity index (χ4n) is 1.30. The highest BCUT2D eigenvalue weighted by Gasteiger charge is 2.32. The Balaban J connectivity index is 2.25. The second-order valence-electron chi connectivity index (χ2n) is 3.25. The maximum Gasteiger partial charge on any atom is 0.397 e. The lowest BCUT2D eigenvalue weighted by Gasteiger charge is -2.23. The van der Waals surface area contributed by atoms with Gasteiger partial charge in [0.25, 0.3) is 0 Å². The SMILES string of the molecule is O=C(CC(F)(F)F)NC1CCOCC1. The molecule has 1 fully saturated rings. The molecule has 1 aliphatic heterocycles. The lowest BCUT2D eigenvalue weighted by Crippen LogP contribution is -2.40. The molecule has 0 atom stereocenters. The summed E-state index contributed by atoms with van der Waals surface area (Å²) in [6, 6.07) is -0.168. The van der Waals surface area contributed by atoms with E-state index in [4.69, 9.17) is 4.74 Å². The first-order chi connectivity index (χ1) is 6.47. The highest BCUT2D eigenvalue weighted by Crippen LogP contribution is 2.19. The molecule has 0 saturated carbocycles. The quantitative estimate of drug-likeness (QED) is 0.746. The van der Waals surface area contributed by atoms with Gasteiger partial charge in [-0.3, -0.25) is 4.79 Å². The number of alkyl halides is 3. The molecule has 1 amide bonds. The second-order valence-corrected chi connectivity index (χ2v) is 3.25. The monoisotopic (exact) mass is 211 g/mol. The van der Waals surface area contributed by atoms with Crippen LogP contribution in [0.2, 0.25) is 0 Å². The minimum absolute atomic E-state index is 0.168. The van der Waals surface area contributed by atoms with Gasteiger partial charge in [-0.05, 0) is 12.8 Å². The number of rotatable bonds is 2. The molecular weight excluding hydrogens is 199 g/mol. The van der Waals surface area contributed by atoms with Crippen LogP contribution in [0.4, 0.5) is 13.2 Å². The molecule has 0 aromatic rings. The van der Waals surface area contributed by atoms with Crippen molar-refractivity contribution in [3.05, 3.63) is 0 Å². The van der Waals surface area contributed by atoms with Gasteiger partial charge in [-0.2, -0.15) is 13.2 Å². The van der Waals surface area contributed by atoms with E-state index in [-0.39, 0.29) is 6.04 Å². The fraction of sp³-hybridized carbons (Fsp3) is 0.875. The molecule has 0 aromatic heterocycles. The molecule has 0 spiro atoms. The highest BCUT2D eigenvalue weighted by molar-refractivity contribution is 5.76. The summed E-state index contributed by atoms with van der Waals surface area (Å²) in [5.41, 5.74) is 0. The van der Waals surface area contributed by atoms with Crippen molar-refractivity contribution in [3.63, 3.8) is 0 Å². The summed E-state index contributed by atoms with van der Waals surface area (Å²) in [5, 5.41) is 2.34. The Labute approximate surface area is 79.6 Å². The third-order valence-corrected chi connectivity index (χ3v) is 1.95. The van der Waals surface area contributed by atoms with Gasteiger partial charge >= 0.3 is 6.18 Å². The van der Waals surface area contributed by atoms with Gasteiger partial charge in [-0.15, -0.1) is 0 Å². The van der Waals surface area contributed by atoms with Crippen molar-refractivity contribution in [2.45, 2.75) is 31.5 Å². The number of amides is 1. The summed E-state index contributed by atoms with van der Waals surface area (Å²) >= 11 is 0. The Morgan fingerprint density at radius 3 is 2.43 bits per heavy atom. The van der Waals surface area contributed by atoms with Crippen molar-refractivity contribution in [3.8, 4) is 0 Å². The van der Waals surface area contributed by atoms with Gasteiger partial charge in [-0.25, -0.2) is 0 Å². The first kappa shape index (κ1) is 11.3. The number of hydrogen-bond donors (Lipinski definition) is 1. The van der Waals surface area contributed by atoms with Gasteiger partial charge in [0.1, 0.15) is 6.42 Å². The topological polar surface area (TPSA) is 38.3 Å². The number of ether oxygens (including phenoxy) is 1. The molecule has 1 N–H and O–H groups in total. The van der Waals surface area contributed by atoms with E-state index in [0.717, 1.165) is 0 Å². The lowest BCUT2D eigenvalue weighted by atomic mass is 10.1. The molecule has 14 heavy (non-hydrogen) atoms. The summed E-state index contributed by atoms with van der Waals surface area (Å²) in [5.74, 6) is -0.954. The van der Waals surface area contributed by atoms with Crippen molar-refractivity contribution in [1.29, 1.82) is 0 Å². The van der Waals surface area contributed by atoms with Gasteiger partial charge in [0, 0.05) is 19.3 Å². The lowest BCUT2D eigenvalue weighted by molar-refractivity contribution is -0.154. The van der Waals surface area contributed by atoms with Crippen molar-refractivity contribution in [2.24, 2.45) is 0 Å². The molecule has 1 aliphatic rings. The van der Waals surface area contributed by atoms with Gasteiger partial charge in [0.15, 0.2) is 0 Å². The van der Waals surface area contributed by atoms with Gasteiger partial charge < -0.3 is 10.1 Å². The number of hydrogen-bond acceptors (Lipinski definition) is 2. The van der Waals surface area contributed by atoms with Crippen LogP contribution < -0.4 is 5.32 Å². The standard InChI is InChI=1S/C8H12F3NO2/c9-8(10,11)5-7(13)12-6-1-3-14-4-2-6/h6H,1-5H2,(H,12,13). The van der Waals surface area contributed by atoms with E-state index in [1.54, 1.807) is 0 Å². The smallest absolute Gasteiger partial charge is 0.381 e. The third-order valence-electron chi connectivity index (χ3n) is 1.95. The number of carbonyl (C=O) groups excluding carboxylic acids is 1. The number of halogens is 3. The molecule has 82 valence electrons. The summed E-state index contributed by atoms with van der Waals surface area (Å²) in [4.78, 5) is 10.9. The van der Waals surface area contributed by atoms with Gasteiger partial charge in [0.05, 0.1) is 0 Å². The summed E-state index contributed by atoms with van der Waals surface area (Å²) in [6.45, 7) is 0.994. The Morgan fingerprint density at radius 1 is 1.36 bits per heavy atom. The average Bonchev–Trinajstić information content (AvgIpc) is 2.02. The Hall–Kier alpha value is -0.780. The molecule has 0 aliphatic carbocycles. The fourth-order valence-corrected chi connectivity index (χ4v) is 1.30. The first-order valence-electron chi connectivity index (χ1n) is 4.41. The molecule has 0 aromatic carbocycles. The number of nitrogens with one attached hydrogen (secondary N) is 1. The van der Waals surface area contributed by atoms with E-state index in [9.17, 15) is 18.0 Å². The average molecular weight is 211 g/mol. The molecule has 1 saturated heterocycles. The number of carbonyl (C=O) groups is 1. The van der Waals surface area contributed by atoms with Crippen molar-refractivity contribution < 1.29 is 22.7 Å². The predicted molar refractivity (Wildman–Crippen MR) is 42.7 cm³/mol. The molecule has 3 nitrogen and oxygen atoms in total. The minimum Gasteiger partial charge on any atom is -0.381 e. The van der Waals surface area contributed by atoms with E-state index in [2.05, 4.69) is 5.32 Å². The van der Waals surface area contributed by atoms with Crippen LogP contribution in [0.1, 0.15) is 19.3 Å². The zero-order valence-electron chi connectivity index (χ0n) is 7.56. The van der Waals surface area contributed by atoms with Crippen molar-refractivity contribution in [1.82, 2.24) is 5.32 Å². The maximum absolute atomic E-state index is 11.8. The normalized spacial score (nSPS) is 19.4. The molecule has 6 heteroatoms. The predicted octanol–water partition coefficient (Wildman–Crippen LogP) is 1.23. The summed E-state index contributed by atoms with van der Waals surface area (Å²) in [6.07, 6.45) is -4.65. The van der Waals surface area contributed by atoms with Crippen LogP contribution in [0.3, 0.4) is 0 Å². The Bertz CT molecular complexity index is 199. The van der Waals surface area contributed by atoms with Crippen LogP contribution in [0.15, 0.2) is 0 Å². The van der Waals surface area contributed by atoms with E-state index in [1.807, 2.05) is 0 Å². The van der Waals surface area contributed by atoms with E-state index < -0.39 is 18.5 Å². The minimum atomic E-state index is -4.42. The Morgan fingerprint density at radius 2 is 1.93 bits per heavy atom. The van der Waals surface area contributed by atoms with E-state index in [1.165, 1.54) is 0 Å². The molecule has 0 radical (unpaired) electrons. The van der Waals surface area contributed by atoms with Crippen LogP contribution in [-0.4, -0.2) is 31.3 Å². The zero-order chi connectivity index (χ0) is 10.6. The zero-order valence-corrected chi connectivity index (χ0v) is 7.56. The highest BCUT2D eigenvalue weighted by atomic mass is 19.4. The van der Waals surface area contributed by atoms with Crippen LogP contribution >= 0.6 is 0 Å². The Kier molecular flexibility index (Phi) is 3.74. The summed E-state index contributed by atoms with van der Waals surface area (Å²) < 4.78 is 40.3. The van der Waals surface area contributed by atoms with Gasteiger partial charge in [0.2, 0.25) is 5.91 Å². The first-order valence-corrected chi connectivity index (χ1v) is 4.41. The third kappa shape index (κ3) is 4.45. The van der Waals surface area contributed by atoms with Crippen LogP contribution in [-0.2, 0) is 9.53 Å². The van der Waals surface area contributed by atoms with Crippen molar-refractivity contribution >= 4 is 5.91 Å². The molecule has 1 rings (SSSR count). The van der Waals surface area contributed by atoms with Crippen LogP contribution in [0, 0.1) is 0 Å². The second kappa shape index (κ2) is 4.63. The summed E-state index contributed by atoms with van der Waals surface area (Å²) in [7, 11) is 0. The molecule has 0 unspecified atom stereocenters. The van der Waals surface area contributed by atoms with E-state index >= 15 is 0 Å². The van der Waals surface area contributed by atoms with Crippen molar-refractivity contribution in [2.75, 3.05) is 13.2 Å². The molecule has 0 bridgehead atoms. The van der Waals surface area contributed by atoms with Gasteiger partial charge in [-0.1, -0.05) is 0 Å².